The first kappa shape index (κ1) is 20.8. The fourth-order valence-electron chi connectivity index (χ4n) is 2.80. The van der Waals surface area contributed by atoms with E-state index in [-0.39, 0.29) is 12.5 Å². The molecule has 3 rings (SSSR count). The zero-order valence-electron chi connectivity index (χ0n) is 14.7. The topological polar surface area (TPSA) is 69.7 Å². The van der Waals surface area contributed by atoms with Gasteiger partial charge in [-0.15, -0.1) is 23.1 Å². The molecule has 0 radical (unpaired) electrons. The van der Waals surface area contributed by atoms with Crippen molar-refractivity contribution in [2.45, 2.75) is 9.10 Å². The van der Waals surface area contributed by atoms with Crippen molar-refractivity contribution < 1.29 is 13.2 Å². The normalized spacial score (nSPS) is 16.4. The monoisotopic (exact) mass is 489 g/mol. The average Bonchev–Trinajstić information content (AvgIpc) is 3.09. The van der Waals surface area contributed by atoms with E-state index in [1.165, 1.54) is 15.6 Å². The third-order valence-electron chi connectivity index (χ3n) is 4.19. The first-order chi connectivity index (χ1) is 12.9. The van der Waals surface area contributed by atoms with Gasteiger partial charge in [0.2, 0.25) is 5.91 Å². The highest BCUT2D eigenvalue weighted by atomic mass is 79.9. The second-order valence-corrected chi connectivity index (χ2v) is 11.5. The number of rotatable bonds is 6. The highest BCUT2D eigenvalue weighted by Gasteiger charge is 2.30. The zero-order valence-corrected chi connectivity index (χ0v) is 18.8. The molecule has 1 saturated heterocycles. The van der Waals surface area contributed by atoms with Crippen LogP contribution in [0.4, 0.5) is 5.69 Å². The van der Waals surface area contributed by atoms with Crippen molar-refractivity contribution in [1.82, 2.24) is 9.21 Å². The molecule has 1 aliphatic rings. The Labute approximate surface area is 176 Å². The molecule has 0 atom stereocenters. The van der Waals surface area contributed by atoms with Crippen LogP contribution in [-0.4, -0.2) is 62.5 Å². The summed E-state index contributed by atoms with van der Waals surface area (Å²) >= 11 is 6.14. The number of hydrogen-bond donors (Lipinski definition) is 1. The summed E-state index contributed by atoms with van der Waals surface area (Å²) in [5, 5.41) is 2.90. The van der Waals surface area contributed by atoms with Gasteiger partial charge in [0.05, 0.1) is 10.3 Å². The van der Waals surface area contributed by atoms with Gasteiger partial charge in [0.25, 0.3) is 10.0 Å². The highest BCUT2D eigenvalue weighted by molar-refractivity contribution is 9.11. The second-order valence-electron chi connectivity index (χ2n) is 6.02. The molecule has 1 aliphatic heterocycles. The van der Waals surface area contributed by atoms with E-state index < -0.39 is 10.0 Å². The lowest BCUT2D eigenvalue weighted by atomic mass is 10.3. The number of halogens is 1. The minimum atomic E-state index is -3.46. The number of amides is 1. The highest BCUT2D eigenvalue weighted by Crippen LogP contribution is 2.29. The molecule has 0 spiro atoms. The molecule has 2 heterocycles. The van der Waals surface area contributed by atoms with Crippen LogP contribution in [0.1, 0.15) is 0 Å². The first-order valence-corrected chi connectivity index (χ1v) is 12.6. The van der Waals surface area contributed by atoms with Gasteiger partial charge < -0.3 is 5.32 Å². The number of hydrogen-bond acceptors (Lipinski definition) is 6. The van der Waals surface area contributed by atoms with Crippen LogP contribution >= 0.6 is 39.0 Å². The van der Waals surface area contributed by atoms with Gasteiger partial charge in [0, 0.05) is 36.8 Å². The first-order valence-electron chi connectivity index (χ1n) is 8.30. The number of nitrogens with one attached hydrogen (secondary N) is 1. The number of nitrogens with zero attached hydrogens (tertiary/aromatic N) is 2. The molecule has 0 saturated carbocycles. The molecule has 0 bridgehead atoms. The lowest BCUT2D eigenvalue weighted by Gasteiger charge is -2.33. The van der Waals surface area contributed by atoms with E-state index in [2.05, 4.69) is 21.2 Å². The maximum Gasteiger partial charge on any atom is 0.252 e. The van der Waals surface area contributed by atoms with Gasteiger partial charge in [0.15, 0.2) is 0 Å². The lowest BCUT2D eigenvalue weighted by Crippen LogP contribution is -2.50. The Hall–Kier alpha value is -0.910. The Balaban J connectivity index is 1.52. The number of piperazine rings is 1. The molecule has 1 aromatic carbocycles. The van der Waals surface area contributed by atoms with Crippen molar-refractivity contribution in [2.24, 2.45) is 0 Å². The van der Waals surface area contributed by atoms with Crippen molar-refractivity contribution in [3.8, 4) is 0 Å². The van der Waals surface area contributed by atoms with Crippen LogP contribution in [0.5, 0.6) is 0 Å². The van der Waals surface area contributed by atoms with E-state index >= 15 is 0 Å². The third kappa shape index (κ3) is 5.33. The molecule has 1 N–H and O–H groups in total. The van der Waals surface area contributed by atoms with E-state index in [0.717, 1.165) is 14.4 Å². The van der Waals surface area contributed by atoms with E-state index in [0.29, 0.717) is 30.4 Å². The summed E-state index contributed by atoms with van der Waals surface area (Å²) in [5.41, 5.74) is 0.774. The van der Waals surface area contributed by atoms with Gasteiger partial charge in [-0.3, -0.25) is 9.69 Å². The Morgan fingerprint density at radius 3 is 2.59 bits per heavy atom. The number of sulfonamides is 1. The smallest absolute Gasteiger partial charge is 0.252 e. The van der Waals surface area contributed by atoms with Crippen molar-refractivity contribution in [3.05, 3.63) is 40.2 Å². The lowest BCUT2D eigenvalue weighted by molar-refractivity contribution is -0.117. The predicted octanol–water partition coefficient (Wildman–Crippen LogP) is 3.18. The van der Waals surface area contributed by atoms with Crippen molar-refractivity contribution in [2.75, 3.05) is 44.3 Å². The summed E-state index contributed by atoms with van der Waals surface area (Å²) < 4.78 is 27.9. The van der Waals surface area contributed by atoms with Gasteiger partial charge in [-0.25, -0.2) is 8.42 Å². The Morgan fingerprint density at radius 2 is 1.96 bits per heavy atom. The van der Waals surface area contributed by atoms with Crippen LogP contribution in [0.15, 0.2) is 49.3 Å². The molecule has 0 aliphatic carbocycles. The molecule has 2 aromatic rings. The van der Waals surface area contributed by atoms with Gasteiger partial charge in [0.1, 0.15) is 4.21 Å². The van der Waals surface area contributed by atoms with E-state index in [9.17, 15) is 13.2 Å². The number of anilines is 1. The standard InChI is InChI=1S/C17H20BrN3O3S3/c1-25-14-4-2-3-13(11-14)19-16(22)12-20-7-9-21(10-8-20)27(23,24)17-6-5-15(18)26-17/h2-6,11H,7-10,12H2,1H3,(H,19,22). The van der Waals surface area contributed by atoms with Gasteiger partial charge in [-0.1, -0.05) is 6.07 Å². The van der Waals surface area contributed by atoms with Gasteiger partial charge >= 0.3 is 0 Å². The third-order valence-corrected chi connectivity index (χ3v) is 8.91. The summed E-state index contributed by atoms with van der Waals surface area (Å²) in [6.07, 6.45) is 1.99. The summed E-state index contributed by atoms with van der Waals surface area (Å²) in [5.74, 6) is -0.0910. The molecule has 1 aromatic heterocycles. The molecule has 1 fully saturated rings. The molecular weight excluding hydrogens is 470 g/mol. The largest absolute Gasteiger partial charge is 0.325 e. The molecule has 0 unspecified atom stereocenters. The van der Waals surface area contributed by atoms with Crippen molar-refractivity contribution >= 4 is 60.6 Å². The molecule has 6 nitrogen and oxygen atoms in total. The number of carbonyl (C=O) groups excluding carboxylic acids is 1. The molecule has 10 heteroatoms. The molecule has 27 heavy (non-hydrogen) atoms. The van der Waals surface area contributed by atoms with Crippen LogP contribution in [0, 0.1) is 0 Å². The van der Waals surface area contributed by atoms with Crippen LogP contribution < -0.4 is 5.32 Å². The van der Waals surface area contributed by atoms with E-state index in [1.807, 2.05) is 35.4 Å². The molecule has 146 valence electrons. The van der Waals surface area contributed by atoms with E-state index in [1.54, 1.807) is 23.9 Å². The van der Waals surface area contributed by atoms with Crippen molar-refractivity contribution in [1.29, 1.82) is 0 Å². The number of benzene rings is 1. The number of carbonyl (C=O) groups is 1. The summed E-state index contributed by atoms with van der Waals surface area (Å²) in [7, 11) is -3.46. The SMILES string of the molecule is CSc1cccc(NC(=O)CN2CCN(S(=O)(=O)c3ccc(Br)s3)CC2)c1. The predicted molar refractivity (Wildman–Crippen MR) is 114 cm³/mol. The maximum absolute atomic E-state index is 12.6. The van der Waals surface area contributed by atoms with Crippen LogP contribution in [-0.2, 0) is 14.8 Å². The van der Waals surface area contributed by atoms with Crippen molar-refractivity contribution in [3.63, 3.8) is 0 Å². The second kappa shape index (κ2) is 9.06. The van der Waals surface area contributed by atoms with E-state index in [4.69, 9.17) is 0 Å². The molecule has 1 amide bonds. The van der Waals surface area contributed by atoms with Crippen LogP contribution in [0.2, 0.25) is 0 Å². The fraction of sp³-hybridized carbons (Fsp3) is 0.353. The Morgan fingerprint density at radius 1 is 1.22 bits per heavy atom. The van der Waals surface area contributed by atoms with Crippen LogP contribution in [0.3, 0.4) is 0 Å². The number of thioether (sulfide) groups is 1. The average molecular weight is 490 g/mol. The molecular formula is C17H20BrN3O3S3. The summed E-state index contributed by atoms with van der Waals surface area (Å²) in [6, 6.07) is 11.1. The van der Waals surface area contributed by atoms with Crippen LogP contribution in [0.25, 0.3) is 0 Å². The number of thiophene rings is 1. The summed E-state index contributed by atoms with van der Waals surface area (Å²) in [4.78, 5) is 15.4. The fourth-order valence-corrected chi connectivity index (χ4v) is 6.84. The minimum Gasteiger partial charge on any atom is -0.325 e. The quantitative estimate of drug-likeness (QED) is 0.630. The summed E-state index contributed by atoms with van der Waals surface area (Å²) in [6.45, 7) is 2.08. The Bertz CT molecular complexity index is 909. The zero-order chi connectivity index (χ0) is 19.4. The minimum absolute atomic E-state index is 0.0910. The Kier molecular flexibility index (Phi) is 6.98. The maximum atomic E-state index is 12.6. The van der Waals surface area contributed by atoms with Gasteiger partial charge in [-0.05, 0) is 52.5 Å². The van der Waals surface area contributed by atoms with Gasteiger partial charge in [-0.2, -0.15) is 4.31 Å².